The third-order valence-electron chi connectivity index (χ3n) is 1.14. The van der Waals surface area contributed by atoms with Gasteiger partial charge in [-0.15, -0.1) is 0 Å². The Morgan fingerprint density at radius 3 is 2.55 bits per heavy atom. The van der Waals surface area contributed by atoms with Gasteiger partial charge in [0.1, 0.15) is 0 Å². The smallest absolute Gasteiger partial charge is 0.220 e. The highest BCUT2D eigenvalue weighted by atomic mass is 127. The normalized spacial score (nSPS) is 10.2. The number of hydrogen-bond acceptors (Lipinski definition) is 2. The zero-order chi connectivity index (χ0) is 8.69. The lowest BCUT2D eigenvalue weighted by Gasteiger charge is -2.05. The Morgan fingerprint density at radius 1 is 1.45 bits per heavy atom. The molecule has 0 saturated carbocycles. The van der Waals surface area contributed by atoms with Crippen LogP contribution in [0.3, 0.4) is 0 Å². The highest BCUT2D eigenvalue weighted by Gasteiger charge is 2.02. The average molecular weight is 270 g/mol. The van der Waals surface area contributed by atoms with E-state index in [9.17, 15) is 4.79 Å². The maximum absolute atomic E-state index is 11.0. The molecule has 0 rings (SSSR count). The lowest BCUT2D eigenvalue weighted by Crippen LogP contribution is -2.29. The average Bonchev–Trinajstić information content (AvgIpc) is 1.86. The molecule has 0 unspecified atom stereocenters. The molecule has 2 N–H and O–H groups in total. The van der Waals surface area contributed by atoms with Gasteiger partial charge in [0.15, 0.2) is 0 Å². The van der Waals surface area contributed by atoms with Crippen LogP contribution < -0.4 is 8.85 Å². The Hall–Kier alpha value is 0.160. The van der Waals surface area contributed by atoms with Crippen LogP contribution in [0.1, 0.15) is 20.3 Å². The van der Waals surface area contributed by atoms with Crippen molar-refractivity contribution in [3.05, 3.63) is 0 Å². The van der Waals surface area contributed by atoms with Gasteiger partial charge in [0.2, 0.25) is 5.91 Å². The van der Waals surface area contributed by atoms with E-state index >= 15 is 0 Å². The van der Waals surface area contributed by atoms with Gasteiger partial charge in [0.05, 0.1) is 0 Å². The van der Waals surface area contributed by atoms with E-state index in [-0.39, 0.29) is 5.91 Å². The predicted molar refractivity (Wildman–Crippen MR) is 54.5 cm³/mol. The van der Waals surface area contributed by atoms with Crippen LogP contribution in [0.5, 0.6) is 0 Å². The molecule has 11 heavy (non-hydrogen) atoms. The van der Waals surface area contributed by atoms with Crippen molar-refractivity contribution in [2.24, 2.45) is 5.92 Å². The summed E-state index contributed by atoms with van der Waals surface area (Å²) in [5.74, 6) is 0.592. The fraction of sp³-hybridized carbons (Fsp3) is 0.857. The second kappa shape index (κ2) is 6.84. The molecule has 0 aliphatic carbocycles. The van der Waals surface area contributed by atoms with E-state index < -0.39 is 0 Å². The number of rotatable bonds is 5. The fourth-order valence-electron chi connectivity index (χ4n) is 0.692. The lowest BCUT2D eigenvalue weighted by atomic mass is 10.1. The molecule has 0 radical (unpaired) electrons. The molecule has 3 nitrogen and oxygen atoms in total. The zero-order valence-electron chi connectivity index (χ0n) is 6.98. The molecule has 0 bridgehead atoms. The van der Waals surface area contributed by atoms with Crippen molar-refractivity contribution in [3.8, 4) is 0 Å². The van der Waals surface area contributed by atoms with Crippen LogP contribution in [-0.4, -0.2) is 19.0 Å². The van der Waals surface area contributed by atoms with Crippen LogP contribution >= 0.6 is 22.9 Å². The molecular formula is C7H15IN2O. The van der Waals surface area contributed by atoms with Crippen LogP contribution in [0.4, 0.5) is 0 Å². The summed E-state index contributed by atoms with van der Waals surface area (Å²) in [7, 11) is 0. The number of nitrogens with one attached hydrogen (secondary N) is 2. The van der Waals surface area contributed by atoms with Crippen molar-refractivity contribution >= 4 is 28.8 Å². The van der Waals surface area contributed by atoms with Crippen LogP contribution in [0, 0.1) is 5.92 Å². The van der Waals surface area contributed by atoms with E-state index in [2.05, 4.69) is 31.7 Å². The predicted octanol–water partition coefficient (Wildman–Crippen LogP) is 1.09. The van der Waals surface area contributed by atoms with Crippen LogP contribution in [-0.2, 0) is 4.79 Å². The summed E-state index contributed by atoms with van der Waals surface area (Å²) in [6, 6.07) is 0. The molecule has 0 saturated heterocycles. The maximum atomic E-state index is 11.0. The summed E-state index contributed by atoms with van der Waals surface area (Å²) in [5, 5.41) is 2.81. The molecular weight excluding hydrogens is 255 g/mol. The van der Waals surface area contributed by atoms with Gasteiger partial charge in [-0.2, -0.15) is 0 Å². The fourth-order valence-corrected chi connectivity index (χ4v) is 0.962. The number of carbonyl (C=O) groups excluding carboxylic acids is 1. The summed E-state index contributed by atoms with van der Waals surface area (Å²) in [6.45, 7) is 5.62. The van der Waals surface area contributed by atoms with Gasteiger partial charge < -0.3 is 5.32 Å². The van der Waals surface area contributed by atoms with E-state index in [1.165, 1.54) is 0 Å². The van der Waals surface area contributed by atoms with Crippen LogP contribution in [0.2, 0.25) is 0 Å². The zero-order valence-corrected chi connectivity index (χ0v) is 9.14. The number of amides is 1. The SMILES string of the molecule is CC(C)CC(=O)NCCNI. The van der Waals surface area contributed by atoms with E-state index in [0.29, 0.717) is 18.9 Å². The summed E-state index contributed by atoms with van der Waals surface area (Å²) in [6.07, 6.45) is 0.626. The van der Waals surface area contributed by atoms with Crippen LogP contribution in [0.25, 0.3) is 0 Å². The molecule has 0 heterocycles. The monoisotopic (exact) mass is 270 g/mol. The molecule has 0 aliphatic heterocycles. The van der Waals surface area contributed by atoms with E-state index in [1.807, 2.05) is 13.8 Å². The molecule has 0 aromatic rings. The summed E-state index contributed by atoms with van der Waals surface area (Å²) >= 11 is 2.06. The van der Waals surface area contributed by atoms with Gasteiger partial charge in [-0.3, -0.25) is 8.32 Å². The van der Waals surface area contributed by atoms with E-state index in [4.69, 9.17) is 0 Å². The Bertz CT molecular complexity index is 117. The highest BCUT2D eigenvalue weighted by Crippen LogP contribution is 1.97. The first-order chi connectivity index (χ1) is 5.16. The minimum absolute atomic E-state index is 0.145. The van der Waals surface area contributed by atoms with Crippen molar-refractivity contribution in [1.82, 2.24) is 8.85 Å². The molecule has 1 amide bonds. The Kier molecular flexibility index (Phi) is 6.94. The van der Waals surface area contributed by atoms with E-state index in [0.717, 1.165) is 6.54 Å². The number of hydrogen-bond donors (Lipinski definition) is 2. The van der Waals surface area contributed by atoms with Crippen molar-refractivity contribution in [2.45, 2.75) is 20.3 Å². The molecule has 0 fully saturated rings. The second-order valence-corrected chi connectivity index (χ2v) is 3.59. The lowest BCUT2D eigenvalue weighted by molar-refractivity contribution is -0.121. The third-order valence-corrected chi connectivity index (χ3v) is 1.67. The minimum Gasteiger partial charge on any atom is -0.355 e. The number of carbonyl (C=O) groups is 1. The van der Waals surface area contributed by atoms with Crippen molar-refractivity contribution in [2.75, 3.05) is 13.1 Å². The van der Waals surface area contributed by atoms with Crippen molar-refractivity contribution in [3.63, 3.8) is 0 Å². The summed E-state index contributed by atoms with van der Waals surface area (Å²) < 4.78 is 2.93. The van der Waals surface area contributed by atoms with Gasteiger partial charge in [0.25, 0.3) is 0 Å². The maximum Gasteiger partial charge on any atom is 0.220 e. The highest BCUT2D eigenvalue weighted by molar-refractivity contribution is 14.1. The Morgan fingerprint density at radius 2 is 2.09 bits per heavy atom. The first-order valence-corrected chi connectivity index (χ1v) is 4.85. The first kappa shape index (κ1) is 11.2. The topological polar surface area (TPSA) is 41.1 Å². The largest absolute Gasteiger partial charge is 0.355 e. The number of halogens is 1. The molecule has 66 valence electrons. The minimum atomic E-state index is 0.145. The molecule has 0 aromatic carbocycles. The molecule has 0 atom stereocenters. The second-order valence-electron chi connectivity index (χ2n) is 2.83. The molecule has 0 spiro atoms. The van der Waals surface area contributed by atoms with Gasteiger partial charge in [0, 0.05) is 42.4 Å². The van der Waals surface area contributed by atoms with Crippen LogP contribution in [0.15, 0.2) is 0 Å². The Balaban J connectivity index is 3.23. The van der Waals surface area contributed by atoms with Gasteiger partial charge >= 0.3 is 0 Å². The quantitative estimate of drug-likeness (QED) is 0.446. The standard InChI is InChI=1S/C7H15IN2O/c1-6(2)5-7(11)9-3-4-10-8/h6,10H,3-5H2,1-2H3,(H,9,11). The first-order valence-electron chi connectivity index (χ1n) is 3.77. The van der Waals surface area contributed by atoms with Gasteiger partial charge in [-0.25, -0.2) is 0 Å². The molecule has 0 aliphatic rings. The van der Waals surface area contributed by atoms with E-state index in [1.54, 1.807) is 0 Å². The molecule has 0 aromatic heterocycles. The van der Waals surface area contributed by atoms with Gasteiger partial charge in [-0.05, 0) is 5.92 Å². The Labute approximate surface area is 81.8 Å². The summed E-state index contributed by atoms with van der Waals surface area (Å²) in [4.78, 5) is 11.0. The van der Waals surface area contributed by atoms with Crippen molar-refractivity contribution in [1.29, 1.82) is 0 Å². The van der Waals surface area contributed by atoms with Crippen molar-refractivity contribution < 1.29 is 4.79 Å². The molecule has 4 heteroatoms. The third kappa shape index (κ3) is 8.06. The van der Waals surface area contributed by atoms with Gasteiger partial charge in [-0.1, -0.05) is 13.8 Å². The summed E-state index contributed by atoms with van der Waals surface area (Å²) in [5.41, 5.74) is 0.